The van der Waals surface area contributed by atoms with Crippen molar-refractivity contribution in [3.63, 3.8) is 0 Å². The van der Waals surface area contributed by atoms with E-state index in [1.807, 2.05) is 0 Å². The minimum absolute atomic E-state index is 0.0727. The number of piperidine rings is 1. The van der Waals surface area contributed by atoms with E-state index < -0.39 is 27.7 Å². The highest BCUT2D eigenvalue weighted by Gasteiger charge is 2.34. The second kappa shape index (κ2) is 10.5. The van der Waals surface area contributed by atoms with Gasteiger partial charge in [-0.1, -0.05) is 23.9 Å². The van der Waals surface area contributed by atoms with Crippen LogP contribution in [0.2, 0.25) is 0 Å². The molecule has 1 aliphatic rings. The number of rotatable bonds is 8. The van der Waals surface area contributed by atoms with E-state index in [4.69, 9.17) is 9.15 Å². The number of alkyl halides is 2. The van der Waals surface area contributed by atoms with E-state index in [0.29, 0.717) is 17.4 Å². The molecule has 12 heteroatoms. The standard InChI is InChI=1S/C20H22F2N2O6S2/c1-2-29-19(26)15-7-8-17(30-15)32(27,28)24-11-9-13(10-12-24)18(25)23-14-5-3-4-6-16(14)31-20(21)22/h3-8,13,20H,2,9-12H2,1H3,(H,23,25). The van der Waals surface area contributed by atoms with Crippen LogP contribution in [-0.4, -0.2) is 50.1 Å². The first-order chi connectivity index (χ1) is 15.2. The van der Waals surface area contributed by atoms with E-state index in [1.54, 1.807) is 25.1 Å². The van der Waals surface area contributed by atoms with Gasteiger partial charge in [0.2, 0.25) is 16.8 Å². The molecule has 0 spiro atoms. The van der Waals surface area contributed by atoms with E-state index in [9.17, 15) is 26.8 Å². The number of sulfonamides is 1. The van der Waals surface area contributed by atoms with Gasteiger partial charge in [-0.3, -0.25) is 4.79 Å². The molecule has 0 aliphatic carbocycles. The number of ether oxygens (including phenoxy) is 1. The second-order valence-corrected chi connectivity index (χ2v) is 9.78. The molecule has 1 saturated heterocycles. The number of hydrogen-bond donors (Lipinski definition) is 1. The molecule has 1 fully saturated rings. The summed E-state index contributed by atoms with van der Waals surface area (Å²) in [5, 5.41) is 2.29. The van der Waals surface area contributed by atoms with Crippen LogP contribution in [0.4, 0.5) is 14.5 Å². The fraction of sp³-hybridized carbons (Fsp3) is 0.400. The number of thioether (sulfide) groups is 1. The topological polar surface area (TPSA) is 106 Å². The molecule has 1 aliphatic heterocycles. The second-order valence-electron chi connectivity index (χ2n) is 6.88. The molecule has 3 rings (SSSR count). The molecule has 0 unspecified atom stereocenters. The van der Waals surface area contributed by atoms with Gasteiger partial charge in [-0.05, 0) is 44.0 Å². The number of para-hydroxylation sites is 1. The van der Waals surface area contributed by atoms with Crippen molar-refractivity contribution >= 4 is 39.3 Å². The highest BCUT2D eigenvalue weighted by atomic mass is 32.2. The number of carbonyl (C=O) groups excluding carboxylic acids is 2. The van der Waals surface area contributed by atoms with Crippen LogP contribution < -0.4 is 5.32 Å². The van der Waals surface area contributed by atoms with Gasteiger partial charge < -0.3 is 14.5 Å². The zero-order valence-corrected chi connectivity index (χ0v) is 18.8. The van der Waals surface area contributed by atoms with Crippen LogP contribution >= 0.6 is 11.8 Å². The average molecular weight is 489 g/mol. The Kier molecular flexibility index (Phi) is 7.91. The molecule has 2 heterocycles. The number of anilines is 1. The summed E-state index contributed by atoms with van der Waals surface area (Å²) >= 11 is 0.343. The maximum Gasteiger partial charge on any atom is 0.374 e. The number of halogens is 2. The Morgan fingerprint density at radius 2 is 1.91 bits per heavy atom. The molecule has 0 atom stereocenters. The van der Waals surface area contributed by atoms with Gasteiger partial charge in [-0.15, -0.1) is 0 Å². The molecule has 0 saturated carbocycles. The van der Waals surface area contributed by atoms with Gasteiger partial charge in [-0.25, -0.2) is 13.2 Å². The molecule has 174 valence electrons. The maximum atomic E-state index is 12.8. The van der Waals surface area contributed by atoms with Crippen LogP contribution in [0.1, 0.15) is 30.3 Å². The lowest BCUT2D eigenvalue weighted by Crippen LogP contribution is -2.41. The third-order valence-corrected chi connectivity index (χ3v) is 7.40. The zero-order chi connectivity index (χ0) is 23.3. The highest BCUT2D eigenvalue weighted by molar-refractivity contribution is 7.99. The number of carbonyl (C=O) groups is 2. The van der Waals surface area contributed by atoms with Crippen molar-refractivity contribution in [1.82, 2.24) is 4.31 Å². The summed E-state index contributed by atoms with van der Waals surface area (Å²) in [6.07, 6.45) is 0.501. The number of hydrogen-bond acceptors (Lipinski definition) is 7. The first-order valence-corrected chi connectivity index (χ1v) is 12.2. The van der Waals surface area contributed by atoms with Crippen molar-refractivity contribution in [2.75, 3.05) is 25.0 Å². The molecule has 1 aromatic heterocycles. The van der Waals surface area contributed by atoms with Crippen molar-refractivity contribution < 1.29 is 35.9 Å². The summed E-state index contributed by atoms with van der Waals surface area (Å²) in [7, 11) is -3.98. The number of furan rings is 1. The molecular formula is C20H22F2N2O6S2. The van der Waals surface area contributed by atoms with Crippen molar-refractivity contribution in [1.29, 1.82) is 0 Å². The van der Waals surface area contributed by atoms with Crippen LogP contribution in [0.3, 0.4) is 0 Å². The lowest BCUT2D eigenvalue weighted by Gasteiger charge is -2.29. The molecule has 8 nitrogen and oxygen atoms in total. The highest BCUT2D eigenvalue weighted by Crippen LogP contribution is 2.33. The number of esters is 1. The van der Waals surface area contributed by atoms with Gasteiger partial charge >= 0.3 is 5.97 Å². The van der Waals surface area contributed by atoms with E-state index in [1.165, 1.54) is 22.5 Å². The van der Waals surface area contributed by atoms with Crippen LogP contribution in [-0.2, 0) is 19.6 Å². The number of benzene rings is 1. The molecule has 1 amide bonds. The van der Waals surface area contributed by atoms with Gasteiger partial charge in [0, 0.05) is 23.9 Å². The van der Waals surface area contributed by atoms with E-state index in [2.05, 4.69) is 5.32 Å². The van der Waals surface area contributed by atoms with Gasteiger partial charge in [0.1, 0.15) is 0 Å². The summed E-state index contributed by atoms with van der Waals surface area (Å²) in [4.78, 5) is 24.6. The normalized spacial score (nSPS) is 15.6. The molecule has 2 aromatic rings. The van der Waals surface area contributed by atoms with Crippen molar-refractivity contribution in [2.45, 2.75) is 35.5 Å². The summed E-state index contributed by atoms with van der Waals surface area (Å²) in [5.41, 5.74) is 0.292. The Balaban J connectivity index is 1.61. The molecule has 0 radical (unpaired) electrons. The van der Waals surface area contributed by atoms with E-state index >= 15 is 0 Å². The minimum atomic E-state index is -3.98. The van der Waals surface area contributed by atoms with E-state index in [-0.39, 0.29) is 54.2 Å². The van der Waals surface area contributed by atoms with Crippen LogP contribution in [0.25, 0.3) is 0 Å². The van der Waals surface area contributed by atoms with Crippen LogP contribution in [0, 0.1) is 5.92 Å². The Labute approximate surface area is 188 Å². The molecular weight excluding hydrogens is 466 g/mol. The first-order valence-electron chi connectivity index (χ1n) is 9.84. The largest absolute Gasteiger partial charge is 0.460 e. The number of amides is 1. The minimum Gasteiger partial charge on any atom is -0.460 e. The number of nitrogens with zero attached hydrogens (tertiary/aromatic N) is 1. The van der Waals surface area contributed by atoms with Crippen molar-refractivity contribution in [3.8, 4) is 0 Å². The lowest BCUT2D eigenvalue weighted by atomic mass is 9.97. The summed E-state index contributed by atoms with van der Waals surface area (Å²) in [6.45, 7) is 1.89. The van der Waals surface area contributed by atoms with Gasteiger partial charge in [0.25, 0.3) is 15.8 Å². The van der Waals surface area contributed by atoms with Crippen molar-refractivity contribution in [3.05, 3.63) is 42.2 Å². The predicted molar refractivity (Wildman–Crippen MR) is 113 cm³/mol. The Bertz CT molecular complexity index is 1070. The zero-order valence-electron chi connectivity index (χ0n) is 17.1. The predicted octanol–water partition coefficient (Wildman–Crippen LogP) is 3.81. The van der Waals surface area contributed by atoms with E-state index in [0.717, 1.165) is 0 Å². The van der Waals surface area contributed by atoms with Gasteiger partial charge in [-0.2, -0.15) is 13.1 Å². The summed E-state index contributed by atoms with van der Waals surface area (Å²) in [5.74, 6) is -4.41. The van der Waals surface area contributed by atoms with Crippen molar-refractivity contribution in [2.24, 2.45) is 5.92 Å². The molecule has 0 bridgehead atoms. The van der Waals surface area contributed by atoms with Gasteiger partial charge in [0.05, 0.1) is 12.3 Å². The summed E-state index contributed by atoms with van der Waals surface area (Å²) < 4.78 is 62.2. The Hall–Kier alpha value is -2.44. The number of nitrogens with one attached hydrogen (secondary N) is 1. The first kappa shape index (κ1) is 24.2. The fourth-order valence-electron chi connectivity index (χ4n) is 3.26. The quantitative estimate of drug-likeness (QED) is 0.445. The lowest BCUT2D eigenvalue weighted by molar-refractivity contribution is -0.120. The molecule has 1 N–H and O–H groups in total. The van der Waals surface area contributed by atoms with Crippen LogP contribution in [0.15, 0.2) is 50.8 Å². The monoisotopic (exact) mass is 488 g/mol. The Morgan fingerprint density at radius 3 is 2.56 bits per heavy atom. The maximum absolute atomic E-state index is 12.8. The third-order valence-electron chi connectivity index (χ3n) is 4.84. The molecule has 1 aromatic carbocycles. The molecule has 32 heavy (non-hydrogen) atoms. The third kappa shape index (κ3) is 5.67. The summed E-state index contributed by atoms with van der Waals surface area (Å²) in [6, 6.07) is 8.70. The fourth-order valence-corrected chi connectivity index (χ4v) is 5.24. The smallest absolute Gasteiger partial charge is 0.374 e. The van der Waals surface area contributed by atoms with Gasteiger partial charge in [0.15, 0.2) is 0 Å². The van der Waals surface area contributed by atoms with Crippen LogP contribution in [0.5, 0.6) is 0 Å². The Morgan fingerprint density at radius 1 is 1.22 bits per heavy atom. The SMILES string of the molecule is CCOC(=O)c1ccc(S(=O)(=O)N2CCC(C(=O)Nc3ccccc3SC(F)F)CC2)o1. The average Bonchev–Trinajstić information content (AvgIpc) is 3.26.